The first-order valence-corrected chi connectivity index (χ1v) is 6.53. The molecule has 0 amide bonds. The van der Waals surface area contributed by atoms with Gasteiger partial charge in [0.15, 0.2) is 0 Å². The fourth-order valence-corrected chi connectivity index (χ4v) is 2.02. The van der Waals surface area contributed by atoms with Gasteiger partial charge in [0, 0.05) is 29.9 Å². The smallest absolute Gasteiger partial charge is 0.219 e. The van der Waals surface area contributed by atoms with E-state index >= 15 is 0 Å². The Kier molecular flexibility index (Phi) is 3.56. The fraction of sp³-hybridized carbons (Fsp3) is 0.125. The van der Waals surface area contributed by atoms with Gasteiger partial charge in [-0.2, -0.15) is 0 Å². The SMILES string of the molecule is NCCc1ccc(Oc2ccc3cccnc3c2)nc1. The maximum absolute atomic E-state index is 5.74. The van der Waals surface area contributed by atoms with Crippen LogP contribution in [0, 0.1) is 0 Å². The van der Waals surface area contributed by atoms with E-state index in [0.717, 1.165) is 28.6 Å². The maximum atomic E-state index is 5.74. The van der Waals surface area contributed by atoms with Crippen molar-refractivity contribution in [3.8, 4) is 11.6 Å². The minimum absolute atomic E-state index is 0.570. The molecule has 0 aliphatic heterocycles. The summed E-state index contributed by atoms with van der Waals surface area (Å²) in [5.74, 6) is 1.30. The molecule has 0 aliphatic rings. The minimum Gasteiger partial charge on any atom is -0.439 e. The predicted octanol–water partition coefficient (Wildman–Crippen LogP) is 2.92. The number of fused-ring (bicyclic) bond motifs is 1. The number of nitrogens with zero attached hydrogens (tertiary/aromatic N) is 2. The third-order valence-corrected chi connectivity index (χ3v) is 3.03. The molecule has 1 aromatic carbocycles. The van der Waals surface area contributed by atoms with Crippen molar-refractivity contribution >= 4 is 10.9 Å². The van der Waals surface area contributed by atoms with E-state index < -0.39 is 0 Å². The molecular formula is C16H15N3O. The van der Waals surface area contributed by atoms with Crippen molar-refractivity contribution in [3.05, 3.63) is 60.4 Å². The normalized spacial score (nSPS) is 10.7. The summed E-state index contributed by atoms with van der Waals surface area (Å²) in [5.41, 5.74) is 7.53. The van der Waals surface area contributed by atoms with Crippen molar-refractivity contribution in [2.75, 3.05) is 6.54 Å². The number of hydrogen-bond acceptors (Lipinski definition) is 4. The summed E-state index contributed by atoms with van der Waals surface area (Å²) in [5, 5.41) is 1.09. The lowest BCUT2D eigenvalue weighted by molar-refractivity contribution is 0.463. The molecule has 0 saturated heterocycles. The van der Waals surface area contributed by atoms with E-state index in [1.807, 2.05) is 42.5 Å². The van der Waals surface area contributed by atoms with Crippen LogP contribution in [-0.2, 0) is 6.42 Å². The van der Waals surface area contributed by atoms with Crippen LogP contribution in [0.4, 0.5) is 0 Å². The zero-order valence-electron chi connectivity index (χ0n) is 11.0. The summed E-state index contributed by atoms with van der Waals surface area (Å²) in [4.78, 5) is 8.58. The number of rotatable bonds is 4. The number of hydrogen-bond donors (Lipinski definition) is 1. The van der Waals surface area contributed by atoms with Crippen molar-refractivity contribution in [2.45, 2.75) is 6.42 Å². The topological polar surface area (TPSA) is 61.0 Å². The molecular weight excluding hydrogens is 250 g/mol. The molecule has 0 fully saturated rings. The highest BCUT2D eigenvalue weighted by Gasteiger charge is 2.01. The highest BCUT2D eigenvalue weighted by molar-refractivity contribution is 5.79. The molecule has 2 heterocycles. The van der Waals surface area contributed by atoms with Crippen LogP contribution in [0.15, 0.2) is 54.9 Å². The Morgan fingerprint density at radius 1 is 1.05 bits per heavy atom. The summed E-state index contributed by atoms with van der Waals surface area (Å²) in [6, 6.07) is 13.6. The first-order chi connectivity index (χ1) is 9.85. The predicted molar refractivity (Wildman–Crippen MR) is 78.8 cm³/mol. The van der Waals surface area contributed by atoms with Gasteiger partial charge in [-0.15, -0.1) is 0 Å². The molecule has 0 saturated carbocycles. The van der Waals surface area contributed by atoms with Crippen LogP contribution in [0.5, 0.6) is 11.6 Å². The number of benzene rings is 1. The lowest BCUT2D eigenvalue weighted by Crippen LogP contribution is -2.02. The van der Waals surface area contributed by atoms with E-state index in [9.17, 15) is 0 Å². The molecule has 0 unspecified atom stereocenters. The Morgan fingerprint density at radius 2 is 2.00 bits per heavy atom. The summed E-state index contributed by atoms with van der Waals surface area (Å²) in [6.45, 7) is 0.623. The van der Waals surface area contributed by atoms with Gasteiger partial charge in [-0.1, -0.05) is 12.1 Å². The number of aromatic nitrogens is 2. The van der Waals surface area contributed by atoms with Crippen LogP contribution >= 0.6 is 0 Å². The third-order valence-electron chi connectivity index (χ3n) is 3.03. The zero-order chi connectivity index (χ0) is 13.8. The highest BCUT2D eigenvalue weighted by Crippen LogP contribution is 2.23. The molecule has 4 heteroatoms. The molecule has 2 aromatic heterocycles. The van der Waals surface area contributed by atoms with E-state index in [1.54, 1.807) is 12.4 Å². The second kappa shape index (κ2) is 5.67. The van der Waals surface area contributed by atoms with Gasteiger partial charge in [0.05, 0.1) is 5.52 Å². The zero-order valence-corrected chi connectivity index (χ0v) is 11.0. The average Bonchev–Trinajstić information content (AvgIpc) is 2.49. The van der Waals surface area contributed by atoms with Crippen molar-refractivity contribution in [1.82, 2.24) is 9.97 Å². The molecule has 3 rings (SSSR count). The first kappa shape index (κ1) is 12.6. The molecule has 4 nitrogen and oxygen atoms in total. The minimum atomic E-state index is 0.570. The van der Waals surface area contributed by atoms with Crippen LogP contribution in [0.1, 0.15) is 5.56 Å². The van der Waals surface area contributed by atoms with E-state index in [4.69, 9.17) is 10.5 Å². The largest absolute Gasteiger partial charge is 0.439 e. The summed E-state index contributed by atoms with van der Waals surface area (Å²) >= 11 is 0. The van der Waals surface area contributed by atoms with Gasteiger partial charge in [-0.05, 0) is 36.7 Å². The molecule has 2 N–H and O–H groups in total. The second-order valence-electron chi connectivity index (χ2n) is 4.50. The van der Waals surface area contributed by atoms with E-state index in [2.05, 4.69) is 9.97 Å². The van der Waals surface area contributed by atoms with Gasteiger partial charge in [0.25, 0.3) is 0 Å². The number of ether oxygens (including phenoxy) is 1. The summed E-state index contributed by atoms with van der Waals surface area (Å²) < 4.78 is 5.74. The number of pyridine rings is 2. The highest BCUT2D eigenvalue weighted by atomic mass is 16.5. The van der Waals surface area contributed by atoms with Crippen LogP contribution < -0.4 is 10.5 Å². The molecule has 100 valence electrons. The molecule has 0 bridgehead atoms. The van der Waals surface area contributed by atoms with E-state index in [1.165, 1.54) is 0 Å². The fourth-order valence-electron chi connectivity index (χ4n) is 2.02. The average molecular weight is 265 g/mol. The molecule has 0 atom stereocenters. The summed E-state index contributed by atoms with van der Waals surface area (Å²) in [7, 11) is 0. The van der Waals surface area contributed by atoms with Crippen LogP contribution in [-0.4, -0.2) is 16.5 Å². The van der Waals surface area contributed by atoms with Gasteiger partial charge in [-0.3, -0.25) is 4.98 Å². The van der Waals surface area contributed by atoms with Crippen molar-refractivity contribution in [2.24, 2.45) is 5.73 Å². The standard InChI is InChI=1S/C16H15N3O/c17-8-7-12-3-6-16(19-11-12)20-14-5-4-13-2-1-9-18-15(13)10-14/h1-6,9-11H,7-8,17H2. The Labute approximate surface area is 117 Å². The summed E-state index contributed by atoms with van der Waals surface area (Å²) in [6.07, 6.45) is 4.39. The van der Waals surface area contributed by atoms with Crippen molar-refractivity contribution < 1.29 is 4.74 Å². The molecule has 20 heavy (non-hydrogen) atoms. The van der Waals surface area contributed by atoms with Crippen LogP contribution in [0.2, 0.25) is 0 Å². The van der Waals surface area contributed by atoms with Crippen molar-refractivity contribution in [3.63, 3.8) is 0 Å². The quantitative estimate of drug-likeness (QED) is 0.788. The van der Waals surface area contributed by atoms with Gasteiger partial charge < -0.3 is 10.5 Å². The van der Waals surface area contributed by atoms with Gasteiger partial charge in [0.1, 0.15) is 5.75 Å². The Morgan fingerprint density at radius 3 is 2.80 bits per heavy atom. The molecule has 0 radical (unpaired) electrons. The van der Waals surface area contributed by atoms with Crippen LogP contribution in [0.3, 0.4) is 0 Å². The van der Waals surface area contributed by atoms with Gasteiger partial charge >= 0.3 is 0 Å². The Bertz CT molecular complexity index is 710. The Hall–Kier alpha value is -2.46. The first-order valence-electron chi connectivity index (χ1n) is 6.53. The van der Waals surface area contributed by atoms with E-state index in [0.29, 0.717) is 12.4 Å². The number of nitrogens with two attached hydrogens (primary N) is 1. The Balaban J connectivity index is 1.81. The monoisotopic (exact) mass is 265 g/mol. The lowest BCUT2D eigenvalue weighted by atomic mass is 10.2. The third kappa shape index (κ3) is 2.75. The molecule has 3 aromatic rings. The van der Waals surface area contributed by atoms with Crippen molar-refractivity contribution in [1.29, 1.82) is 0 Å². The van der Waals surface area contributed by atoms with Gasteiger partial charge in [-0.25, -0.2) is 4.98 Å². The van der Waals surface area contributed by atoms with Gasteiger partial charge in [0.2, 0.25) is 5.88 Å². The van der Waals surface area contributed by atoms with E-state index in [-0.39, 0.29) is 0 Å². The second-order valence-corrected chi connectivity index (χ2v) is 4.50. The lowest BCUT2D eigenvalue weighted by Gasteiger charge is -2.06. The van der Waals surface area contributed by atoms with Crippen LogP contribution in [0.25, 0.3) is 10.9 Å². The molecule has 0 spiro atoms. The molecule has 0 aliphatic carbocycles. The maximum Gasteiger partial charge on any atom is 0.219 e.